The predicted molar refractivity (Wildman–Crippen MR) is 238 cm³/mol. The van der Waals surface area contributed by atoms with Gasteiger partial charge in [-0.3, -0.25) is 0 Å². The number of carboxylic acids is 1. The fourth-order valence-electron chi connectivity index (χ4n) is 8.06. The standard InChI is InChI=1S/C45H36N8O4S3/c1-26(2)45(44(54)55,36-23-35-34-16-13-29(21-42(34)58-40(35)19-27(36)3)52-24-37(46-49-52)28-9-6-5-7-10-28)48-60(56,57)31-14-17-33-32-15-12-30(20-41(32)59-43(33)22-31)53-25-38(47-50-53)39-11-8-18-51(39)4/h5-26,48H,1-4H3,(H,54,55)/t45-/m0/s1. The van der Waals surface area contributed by atoms with Crippen LogP contribution in [0.1, 0.15) is 25.0 Å². The lowest BCUT2D eigenvalue weighted by atomic mass is 9.78. The number of nitrogens with one attached hydrogen (secondary N) is 1. The van der Waals surface area contributed by atoms with Crippen LogP contribution in [0.15, 0.2) is 133 Å². The van der Waals surface area contributed by atoms with Crippen LogP contribution in [0.4, 0.5) is 0 Å². The predicted octanol–water partition coefficient (Wildman–Crippen LogP) is 9.48. The van der Waals surface area contributed by atoms with E-state index in [2.05, 4.69) is 25.3 Å². The second-order valence-electron chi connectivity index (χ2n) is 15.2. The van der Waals surface area contributed by atoms with Gasteiger partial charge in [-0.1, -0.05) is 72.8 Å². The number of benzene rings is 5. The van der Waals surface area contributed by atoms with E-state index >= 15 is 0 Å². The fourth-order valence-corrected chi connectivity index (χ4v) is 12.0. The second kappa shape index (κ2) is 14.1. The number of thiophene rings is 2. The Hall–Kier alpha value is -6.52. The Kier molecular flexibility index (Phi) is 8.84. The van der Waals surface area contributed by atoms with Crippen molar-refractivity contribution >= 4 is 79.0 Å². The van der Waals surface area contributed by atoms with Gasteiger partial charge >= 0.3 is 5.97 Å². The maximum absolute atomic E-state index is 14.5. The molecule has 0 saturated heterocycles. The molecule has 298 valence electrons. The third-order valence-corrected chi connectivity index (χ3v) is 15.0. The van der Waals surface area contributed by atoms with Crippen molar-refractivity contribution in [2.24, 2.45) is 13.0 Å². The molecule has 0 aliphatic rings. The van der Waals surface area contributed by atoms with Crippen LogP contribution in [0.3, 0.4) is 0 Å². The number of fused-ring (bicyclic) bond motifs is 6. The molecule has 0 spiro atoms. The zero-order chi connectivity index (χ0) is 41.5. The van der Waals surface area contributed by atoms with E-state index in [1.165, 1.54) is 11.3 Å². The zero-order valence-corrected chi connectivity index (χ0v) is 35.2. The number of sulfonamides is 1. The van der Waals surface area contributed by atoms with Crippen molar-refractivity contribution in [2.75, 3.05) is 0 Å². The molecule has 0 unspecified atom stereocenters. The summed E-state index contributed by atoms with van der Waals surface area (Å²) in [6.07, 6.45) is 5.72. The van der Waals surface area contributed by atoms with E-state index < -0.39 is 27.4 Å². The summed E-state index contributed by atoms with van der Waals surface area (Å²) < 4.78 is 40.7. The van der Waals surface area contributed by atoms with E-state index in [0.717, 1.165) is 74.4 Å². The molecule has 5 aromatic carbocycles. The molecule has 10 rings (SSSR count). The van der Waals surface area contributed by atoms with Crippen molar-refractivity contribution in [1.82, 2.24) is 39.3 Å². The van der Waals surface area contributed by atoms with Gasteiger partial charge in [0.25, 0.3) is 0 Å². The van der Waals surface area contributed by atoms with Crippen LogP contribution in [0, 0.1) is 12.8 Å². The second-order valence-corrected chi connectivity index (χ2v) is 19.1. The summed E-state index contributed by atoms with van der Waals surface area (Å²) in [4.78, 5) is 13.6. The number of aliphatic carboxylic acids is 1. The van der Waals surface area contributed by atoms with Gasteiger partial charge in [-0.05, 0) is 84.6 Å². The lowest BCUT2D eigenvalue weighted by Gasteiger charge is -2.35. The summed E-state index contributed by atoms with van der Waals surface area (Å²) in [6, 6.07) is 34.5. The first kappa shape index (κ1) is 37.7. The van der Waals surface area contributed by atoms with Gasteiger partial charge in [0.05, 0.1) is 34.4 Å². The first-order valence-electron chi connectivity index (χ1n) is 19.1. The lowest BCUT2D eigenvalue weighted by Crippen LogP contribution is -2.55. The van der Waals surface area contributed by atoms with Gasteiger partial charge in [0.2, 0.25) is 10.0 Å². The molecule has 5 heterocycles. The highest BCUT2D eigenvalue weighted by molar-refractivity contribution is 7.89. The van der Waals surface area contributed by atoms with Gasteiger partial charge in [-0.15, -0.1) is 32.9 Å². The molecule has 5 aromatic heterocycles. The number of rotatable bonds is 10. The van der Waals surface area contributed by atoms with Crippen molar-refractivity contribution in [3.05, 3.63) is 139 Å². The number of aromatic nitrogens is 7. The first-order chi connectivity index (χ1) is 28.9. The SMILES string of the molecule is Cc1cc2sc3cc(-n4cc(-c5ccccc5)nn4)ccc3c2cc1[C@](NS(=O)(=O)c1ccc2c(c1)sc1cc(-n3cc(-c4cccn4C)nn3)ccc12)(C(=O)O)C(C)C. The average Bonchev–Trinajstić information content (AvgIpc) is 4.09. The number of hydrogen-bond donors (Lipinski definition) is 2. The van der Waals surface area contributed by atoms with E-state index in [0.29, 0.717) is 11.1 Å². The Balaban J connectivity index is 0.992. The summed E-state index contributed by atoms with van der Waals surface area (Å²) in [7, 11) is -2.42. The summed E-state index contributed by atoms with van der Waals surface area (Å²) in [5.74, 6) is -1.96. The fraction of sp³-hybridized carbons (Fsp3) is 0.133. The van der Waals surface area contributed by atoms with Gasteiger partial charge in [-0.2, -0.15) is 4.72 Å². The van der Waals surface area contributed by atoms with Crippen LogP contribution < -0.4 is 4.72 Å². The Bertz CT molecular complexity index is 3430. The van der Waals surface area contributed by atoms with E-state index in [9.17, 15) is 18.3 Å². The molecule has 0 radical (unpaired) electrons. The minimum Gasteiger partial charge on any atom is -0.480 e. The first-order valence-corrected chi connectivity index (χ1v) is 22.2. The smallest absolute Gasteiger partial charge is 0.329 e. The normalized spacial score (nSPS) is 13.3. The Morgan fingerprint density at radius 2 is 1.30 bits per heavy atom. The van der Waals surface area contributed by atoms with Crippen molar-refractivity contribution in [1.29, 1.82) is 0 Å². The maximum Gasteiger partial charge on any atom is 0.329 e. The topological polar surface area (TPSA) is 150 Å². The van der Waals surface area contributed by atoms with Crippen LogP contribution in [-0.2, 0) is 27.4 Å². The van der Waals surface area contributed by atoms with Crippen LogP contribution in [0.2, 0.25) is 0 Å². The maximum atomic E-state index is 14.5. The van der Waals surface area contributed by atoms with Gasteiger partial charge in [0.15, 0.2) is 5.54 Å². The Morgan fingerprint density at radius 1 is 0.717 bits per heavy atom. The molecule has 12 nitrogen and oxygen atoms in total. The molecule has 2 N–H and O–H groups in total. The molecule has 10 aromatic rings. The quantitative estimate of drug-likeness (QED) is 0.138. The minimum atomic E-state index is -4.37. The summed E-state index contributed by atoms with van der Waals surface area (Å²) >= 11 is 3.04. The van der Waals surface area contributed by atoms with E-state index in [4.69, 9.17) is 0 Å². The van der Waals surface area contributed by atoms with Crippen LogP contribution >= 0.6 is 22.7 Å². The summed E-state index contributed by atoms with van der Waals surface area (Å²) in [6.45, 7) is 5.29. The van der Waals surface area contributed by atoms with E-state index in [1.54, 1.807) is 52.7 Å². The van der Waals surface area contributed by atoms with Crippen molar-refractivity contribution < 1.29 is 18.3 Å². The highest BCUT2D eigenvalue weighted by atomic mass is 32.2. The highest BCUT2D eigenvalue weighted by Gasteiger charge is 2.48. The number of aryl methyl sites for hydroxylation is 2. The monoisotopic (exact) mass is 848 g/mol. The number of carboxylic acid groups (broad SMARTS) is 1. The lowest BCUT2D eigenvalue weighted by molar-refractivity contribution is -0.146. The molecule has 0 aliphatic heterocycles. The molecule has 0 amide bonds. The molecular weight excluding hydrogens is 813 g/mol. The van der Waals surface area contributed by atoms with Crippen molar-refractivity contribution in [3.8, 4) is 34.0 Å². The number of nitrogens with zero attached hydrogens (tertiary/aromatic N) is 7. The Morgan fingerprint density at radius 3 is 1.92 bits per heavy atom. The molecule has 0 saturated carbocycles. The van der Waals surface area contributed by atoms with Gasteiger partial charge in [-0.25, -0.2) is 22.6 Å². The van der Waals surface area contributed by atoms with Crippen LogP contribution in [0.5, 0.6) is 0 Å². The van der Waals surface area contributed by atoms with E-state index in [-0.39, 0.29) is 4.90 Å². The zero-order valence-electron chi connectivity index (χ0n) is 32.7. The van der Waals surface area contributed by atoms with E-state index in [1.807, 2.05) is 128 Å². The molecule has 0 fully saturated rings. The summed E-state index contributed by atoms with van der Waals surface area (Å²) in [5, 5.41) is 32.2. The molecular formula is C45H36N8O4S3. The van der Waals surface area contributed by atoms with Crippen molar-refractivity contribution in [2.45, 2.75) is 31.2 Å². The number of hydrogen-bond acceptors (Lipinski definition) is 9. The third kappa shape index (κ3) is 6.11. The van der Waals surface area contributed by atoms with Gasteiger partial charge in [0, 0.05) is 59.2 Å². The third-order valence-electron chi connectivity index (χ3n) is 11.3. The number of carbonyl (C=O) groups is 1. The average molecular weight is 849 g/mol. The van der Waals surface area contributed by atoms with Gasteiger partial charge in [0.1, 0.15) is 11.4 Å². The highest BCUT2D eigenvalue weighted by Crippen LogP contribution is 2.42. The molecule has 1 atom stereocenters. The van der Waals surface area contributed by atoms with Crippen LogP contribution in [-0.4, -0.2) is 54.0 Å². The summed E-state index contributed by atoms with van der Waals surface area (Å²) in [5.41, 5.74) is 4.13. The molecule has 60 heavy (non-hydrogen) atoms. The van der Waals surface area contributed by atoms with Gasteiger partial charge < -0.3 is 9.67 Å². The Labute approximate surface area is 352 Å². The van der Waals surface area contributed by atoms with Crippen LogP contribution in [0.25, 0.3) is 74.4 Å². The minimum absolute atomic E-state index is 0.0210. The molecule has 0 bridgehead atoms. The molecule has 0 aliphatic carbocycles. The largest absolute Gasteiger partial charge is 0.480 e. The molecule has 15 heteroatoms. The van der Waals surface area contributed by atoms with Crippen molar-refractivity contribution in [3.63, 3.8) is 0 Å².